The number of nitrogens with one attached hydrogen (secondary N) is 2. The van der Waals surface area contributed by atoms with E-state index in [-0.39, 0.29) is 12.0 Å². The summed E-state index contributed by atoms with van der Waals surface area (Å²) in [6, 6.07) is 0.398. The molecule has 100 valence electrons. The Morgan fingerprint density at radius 3 is 2.41 bits per heavy atom. The quantitative estimate of drug-likeness (QED) is 0.605. The van der Waals surface area contributed by atoms with Crippen molar-refractivity contribution in [2.45, 2.75) is 58.0 Å². The highest BCUT2D eigenvalue weighted by Crippen LogP contribution is 2.18. The molecule has 4 nitrogen and oxygen atoms in total. The summed E-state index contributed by atoms with van der Waals surface area (Å²) in [5.41, 5.74) is -0.205. The van der Waals surface area contributed by atoms with Gasteiger partial charge in [0.15, 0.2) is 0 Å². The predicted octanol–water partition coefficient (Wildman–Crippen LogP) is 1.61. The molecule has 0 aromatic rings. The number of hydrogen-bond acceptors (Lipinski definition) is 3. The summed E-state index contributed by atoms with van der Waals surface area (Å²) in [6.45, 7) is 8.17. The van der Waals surface area contributed by atoms with Gasteiger partial charge in [-0.15, -0.1) is 0 Å². The normalized spacial score (nSPS) is 20.0. The van der Waals surface area contributed by atoms with Gasteiger partial charge in [0.25, 0.3) is 0 Å². The van der Waals surface area contributed by atoms with Gasteiger partial charge in [0, 0.05) is 19.1 Å². The lowest BCUT2D eigenvalue weighted by atomic mass is 9.87. The van der Waals surface area contributed by atoms with Gasteiger partial charge >= 0.3 is 5.97 Å². The Morgan fingerprint density at radius 2 is 2.00 bits per heavy atom. The minimum Gasteiger partial charge on any atom is -0.481 e. The minimum absolute atomic E-state index is 0.205. The topological polar surface area (TPSA) is 61.4 Å². The van der Waals surface area contributed by atoms with Gasteiger partial charge in [-0.1, -0.05) is 26.7 Å². The van der Waals surface area contributed by atoms with Crippen molar-refractivity contribution in [3.05, 3.63) is 0 Å². The maximum atomic E-state index is 10.8. The van der Waals surface area contributed by atoms with Gasteiger partial charge in [-0.3, -0.25) is 4.79 Å². The van der Waals surface area contributed by atoms with Crippen LogP contribution in [0, 0.1) is 5.92 Å². The zero-order valence-corrected chi connectivity index (χ0v) is 11.3. The van der Waals surface area contributed by atoms with Gasteiger partial charge in [-0.05, 0) is 19.3 Å². The largest absolute Gasteiger partial charge is 0.481 e. The molecule has 1 aliphatic rings. The van der Waals surface area contributed by atoms with E-state index < -0.39 is 5.97 Å². The molecule has 1 unspecified atom stereocenters. The van der Waals surface area contributed by atoms with Gasteiger partial charge in [0.1, 0.15) is 0 Å². The van der Waals surface area contributed by atoms with Gasteiger partial charge < -0.3 is 15.7 Å². The second-order valence-corrected chi connectivity index (χ2v) is 5.82. The van der Waals surface area contributed by atoms with E-state index in [1.807, 2.05) is 0 Å². The minimum atomic E-state index is -0.714. The number of aliphatic carboxylic acids is 1. The van der Waals surface area contributed by atoms with Crippen LogP contribution in [-0.4, -0.2) is 35.7 Å². The number of carboxylic acid groups (broad SMARTS) is 1. The fourth-order valence-electron chi connectivity index (χ4n) is 2.42. The van der Waals surface area contributed by atoms with E-state index >= 15 is 0 Å². The molecule has 1 fully saturated rings. The lowest BCUT2D eigenvalue weighted by molar-refractivity contribution is -0.139. The Bertz CT molecular complexity index is 250. The first-order valence-electron chi connectivity index (χ1n) is 6.64. The van der Waals surface area contributed by atoms with Crippen LogP contribution >= 0.6 is 0 Å². The monoisotopic (exact) mass is 242 g/mol. The maximum Gasteiger partial charge on any atom is 0.305 e. The molecule has 1 rings (SSSR count). The Hall–Kier alpha value is -0.610. The van der Waals surface area contributed by atoms with Crippen LogP contribution in [0.4, 0.5) is 0 Å². The van der Waals surface area contributed by atoms with E-state index in [0.717, 1.165) is 25.4 Å². The molecule has 0 radical (unpaired) electrons. The maximum absolute atomic E-state index is 10.8. The molecule has 0 bridgehead atoms. The molecule has 0 spiro atoms. The van der Waals surface area contributed by atoms with E-state index in [0.29, 0.717) is 6.04 Å². The first-order valence-corrected chi connectivity index (χ1v) is 6.64. The summed E-state index contributed by atoms with van der Waals surface area (Å²) in [4.78, 5) is 10.8. The van der Waals surface area contributed by atoms with E-state index in [4.69, 9.17) is 5.11 Å². The summed E-state index contributed by atoms with van der Waals surface area (Å²) in [7, 11) is 0. The fraction of sp³-hybridized carbons (Fsp3) is 0.923. The molecule has 1 saturated heterocycles. The SMILES string of the molecule is CC(C)CCCC(C)NC1(CC(=O)O)CNC1. The van der Waals surface area contributed by atoms with Crippen LogP contribution in [0.15, 0.2) is 0 Å². The molecule has 0 aromatic carbocycles. The van der Waals surface area contributed by atoms with Crippen molar-refractivity contribution in [3.8, 4) is 0 Å². The van der Waals surface area contributed by atoms with Crippen LogP contribution < -0.4 is 10.6 Å². The molecule has 17 heavy (non-hydrogen) atoms. The molecule has 1 atom stereocenters. The fourth-order valence-corrected chi connectivity index (χ4v) is 2.42. The standard InChI is InChI=1S/C13H26N2O2/c1-10(2)5-4-6-11(3)15-13(7-12(16)17)8-14-9-13/h10-11,14-15H,4-9H2,1-3H3,(H,16,17). The van der Waals surface area contributed by atoms with Gasteiger partial charge in [0.05, 0.1) is 12.0 Å². The average molecular weight is 242 g/mol. The number of carboxylic acids is 1. The lowest BCUT2D eigenvalue weighted by Gasteiger charge is -2.44. The second kappa shape index (κ2) is 6.36. The van der Waals surface area contributed by atoms with Crippen molar-refractivity contribution >= 4 is 5.97 Å². The molecule has 0 aliphatic carbocycles. The first kappa shape index (κ1) is 14.5. The number of rotatable bonds is 8. The Labute approximate surface area is 104 Å². The third-order valence-corrected chi connectivity index (χ3v) is 3.39. The molecule has 1 heterocycles. The molecule has 0 aromatic heterocycles. The molecule has 3 N–H and O–H groups in total. The predicted molar refractivity (Wildman–Crippen MR) is 69.1 cm³/mol. The van der Waals surface area contributed by atoms with Crippen molar-refractivity contribution in [3.63, 3.8) is 0 Å². The molecule has 0 amide bonds. The third-order valence-electron chi connectivity index (χ3n) is 3.39. The number of carbonyl (C=O) groups is 1. The van der Waals surface area contributed by atoms with Crippen LogP contribution in [0.3, 0.4) is 0 Å². The lowest BCUT2D eigenvalue weighted by Crippen LogP contribution is -2.70. The van der Waals surface area contributed by atoms with Gasteiger partial charge in [0.2, 0.25) is 0 Å². The summed E-state index contributed by atoms with van der Waals surface area (Å²) in [5, 5.41) is 15.6. The second-order valence-electron chi connectivity index (χ2n) is 5.82. The van der Waals surface area contributed by atoms with Crippen molar-refractivity contribution in [1.29, 1.82) is 0 Å². The average Bonchev–Trinajstić information content (AvgIpc) is 2.12. The van der Waals surface area contributed by atoms with E-state index in [2.05, 4.69) is 31.4 Å². The van der Waals surface area contributed by atoms with Crippen LogP contribution in [0.2, 0.25) is 0 Å². The van der Waals surface area contributed by atoms with Gasteiger partial charge in [-0.25, -0.2) is 0 Å². The van der Waals surface area contributed by atoms with E-state index in [1.165, 1.54) is 12.8 Å². The molecule has 0 saturated carbocycles. The van der Waals surface area contributed by atoms with Crippen LogP contribution in [0.25, 0.3) is 0 Å². The van der Waals surface area contributed by atoms with Crippen LogP contribution in [0.5, 0.6) is 0 Å². The highest BCUT2D eigenvalue weighted by Gasteiger charge is 2.39. The van der Waals surface area contributed by atoms with Gasteiger partial charge in [-0.2, -0.15) is 0 Å². The Balaban J connectivity index is 2.27. The molecular weight excluding hydrogens is 216 g/mol. The van der Waals surface area contributed by atoms with Crippen molar-refractivity contribution in [2.75, 3.05) is 13.1 Å². The molecule has 1 aliphatic heterocycles. The summed E-state index contributed by atoms with van der Waals surface area (Å²) in [6.07, 6.45) is 3.80. The molecular formula is C13H26N2O2. The smallest absolute Gasteiger partial charge is 0.305 e. The highest BCUT2D eigenvalue weighted by molar-refractivity contribution is 5.68. The third kappa shape index (κ3) is 5.04. The van der Waals surface area contributed by atoms with Crippen molar-refractivity contribution in [1.82, 2.24) is 10.6 Å². The van der Waals surface area contributed by atoms with Crippen molar-refractivity contribution < 1.29 is 9.90 Å². The highest BCUT2D eigenvalue weighted by atomic mass is 16.4. The summed E-state index contributed by atoms with van der Waals surface area (Å²) < 4.78 is 0. The van der Waals surface area contributed by atoms with E-state index in [9.17, 15) is 4.79 Å². The Kier molecular flexibility index (Phi) is 5.40. The zero-order chi connectivity index (χ0) is 12.9. The van der Waals surface area contributed by atoms with E-state index in [1.54, 1.807) is 0 Å². The van der Waals surface area contributed by atoms with Crippen LogP contribution in [-0.2, 0) is 4.79 Å². The first-order chi connectivity index (χ1) is 7.93. The number of hydrogen-bond donors (Lipinski definition) is 3. The Morgan fingerprint density at radius 1 is 1.35 bits per heavy atom. The summed E-state index contributed by atoms with van der Waals surface area (Å²) >= 11 is 0. The molecule has 4 heteroatoms. The zero-order valence-electron chi connectivity index (χ0n) is 11.3. The van der Waals surface area contributed by atoms with Crippen molar-refractivity contribution in [2.24, 2.45) is 5.92 Å². The van der Waals surface area contributed by atoms with Crippen LogP contribution in [0.1, 0.15) is 46.5 Å². The summed E-state index contributed by atoms with van der Waals surface area (Å²) in [5.74, 6) is 0.0360.